The Labute approximate surface area is 159 Å². The molecule has 2 atom stereocenters. The molecule has 2 rings (SSSR count). The van der Waals surface area contributed by atoms with Gasteiger partial charge in [-0.05, 0) is 82.0 Å². The van der Waals surface area contributed by atoms with E-state index in [1.165, 1.54) is 37.7 Å². The average molecular weight is 366 g/mol. The summed E-state index contributed by atoms with van der Waals surface area (Å²) in [5.74, 6) is 0.767. The highest BCUT2D eigenvalue weighted by Gasteiger charge is 2.40. The molecule has 3 heteroatoms. The van der Waals surface area contributed by atoms with Crippen LogP contribution in [0.3, 0.4) is 0 Å². The Bertz CT molecular complexity index is 525. The fourth-order valence-corrected chi connectivity index (χ4v) is 4.28. The van der Waals surface area contributed by atoms with Crippen LogP contribution in [0.4, 0.5) is 0 Å². The first-order valence-corrected chi connectivity index (χ1v) is 10.2. The lowest BCUT2D eigenvalue weighted by atomic mass is 9.68. The Kier molecular flexibility index (Phi) is 7.37. The molecule has 1 fully saturated rings. The Morgan fingerprint density at radius 1 is 1.12 bits per heavy atom. The van der Waals surface area contributed by atoms with Crippen LogP contribution in [0.5, 0.6) is 0 Å². The monoisotopic (exact) mass is 365 g/mol. The van der Waals surface area contributed by atoms with Crippen molar-refractivity contribution >= 4 is 11.6 Å². The first kappa shape index (κ1) is 20.7. The zero-order chi connectivity index (χ0) is 18.5. The van der Waals surface area contributed by atoms with Crippen LogP contribution < -0.4 is 5.32 Å². The lowest BCUT2D eigenvalue weighted by Gasteiger charge is -2.46. The number of ether oxygens (including phenoxy) is 1. The van der Waals surface area contributed by atoms with Crippen molar-refractivity contribution in [1.82, 2.24) is 5.32 Å². The molecule has 0 aromatic heterocycles. The topological polar surface area (TPSA) is 21.3 Å². The molecule has 2 nitrogen and oxygen atoms in total. The van der Waals surface area contributed by atoms with Crippen molar-refractivity contribution in [3.05, 3.63) is 34.9 Å². The predicted molar refractivity (Wildman–Crippen MR) is 108 cm³/mol. The third-order valence-electron chi connectivity index (χ3n) is 5.65. The van der Waals surface area contributed by atoms with E-state index in [0.717, 1.165) is 24.1 Å². The molecule has 1 aromatic rings. The molecule has 1 N–H and O–H groups in total. The summed E-state index contributed by atoms with van der Waals surface area (Å²) in [7, 11) is 0. The predicted octanol–water partition coefficient (Wildman–Crippen LogP) is 6.39. The molecule has 1 saturated heterocycles. The molecule has 1 aliphatic heterocycles. The maximum Gasteiger partial charge on any atom is 0.0631 e. The van der Waals surface area contributed by atoms with E-state index in [1.807, 2.05) is 12.1 Å². The van der Waals surface area contributed by atoms with E-state index in [-0.39, 0.29) is 5.60 Å². The van der Waals surface area contributed by atoms with Gasteiger partial charge in [0, 0.05) is 17.7 Å². The summed E-state index contributed by atoms with van der Waals surface area (Å²) in [5.41, 5.74) is 1.73. The standard InChI is InChI=1S/C22H36ClNO/c1-17(2)10-11-22(13-15-25-21(4,5)16-22)12-14-24-18(3)19-6-8-20(23)9-7-19/h6-9,17-18,24H,10-16H2,1-5H3/t18-,22+/m1/s1. The van der Waals surface area contributed by atoms with E-state index in [2.05, 4.69) is 52.1 Å². The molecule has 1 aliphatic rings. The first-order valence-electron chi connectivity index (χ1n) is 9.84. The van der Waals surface area contributed by atoms with Gasteiger partial charge in [0.1, 0.15) is 0 Å². The minimum absolute atomic E-state index is 0.0109. The lowest BCUT2D eigenvalue weighted by Crippen LogP contribution is -2.43. The molecule has 1 aromatic carbocycles. The van der Waals surface area contributed by atoms with E-state index < -0.39 is 0 Å². The van der Waals surface area contributed by atoms with Crippen molar-refractivity contribution in [3.8, 4) is 0 Å². The van der Waals surface area contributed by atoms with Gasteiger partial charge in [-0.15, -0.1) is 0 Å². The number of nitrogens with one attached hydrogen (secondary N) is 1. The van der Waals surface area contributed by atoms with E-state index >= 15 is 0 Å². The third kappa shape index (κ3) is 6.58. The molecule has 0 saturated carbocycles. The molecule has 0 amide bonds. The van der Waals surface area contributed by atoms with Crippen molar-refractivity contribution in [1.29, 1.82) is 0 Å². The summed E-state index contributed by atoms with van der Waals surface area (Å²) < 4.78 is 6.00. The minimum atomic E-state index is 0.0109. The van der Waals surface area contributed by atoms with Gasteiger partial charge < -0.3 is 10.1 Å². The second-order valence-electron chi connectivity index (χ2n) is 8.94. The van der Waals surface area contributed by atoms with Crippen molar-refractivity contribution in [2.75, 3.05) is 13.2 Å². The molecule has 0 bridgehead atoms. The van der Waals surface area contributed by atoms with Crippen LogP contribution in [0, 0.1) is 11.3 Å². The smallest absolute Gasteiger partial charge is 0.0631 e. The minimum Gasteiger partial charge on any atom is -0.376 e. The zero-order valence-electron chi connectivity index (χ0n) is 16.7. The fourth-order valence-electron chi connectivity index (χ4n) is 4.16. The van der Waals surface area contributed by atoms with Gasteiger partial charge in [0.15, 0.2) is 0 Å². The molecule has 0 spiro atoms. The van der Waals surface area contributed by atoms with E-state index in [4.69, 9.17) is 16.3 Å². The van der Waals surface area contributed by atoms with Crippen LogP contribution in [0.15, 0.2) is 24.3 Å². The summed E-state index contributed by atoms with van der Waals surface area (Å²) in [6.07, 6.45) is 6.21. The number of rotatable bonds is 8. The van der Waals surface area contributed by atoms with Crippen LogP contribution in [0.25, 0.3) is 0 Å². The van der Waals surface area contributed by atoms with Crippen LogP contribution in [-0.2, 0) is 4.74 Å². The number of hydrogen-bond acceptors (Lipinski definition) is 2. The SMILES string of the molecule is CC(C)CC[C@]1(CCN[C@H](C)c2ccc(Cl)cc2)CCOC(C)(C)C1. The van der Waals surface area contributed by atoms with Gasteiger partial charge in [0.05, 0.1) is 5.60 Å². The van der Waals surface area contributed by atoms with Crippen molar-refractivity contribution in [2.24, 2.45) is 11.3 Å². The number of hydrogen-bond donors (Lipinski definition) is 1. The van der Waals surface area contributed by atoms with Crippen LogP contribution >= 0.6 is 11.6 Å². The summed E-state index contributed by atoms with van der Waals surface area (Å²) in [4.78, 5) is 0. The summed E-state index contributed by atoms with van der Waals surface area (Å²) >= 11 is 6.00. The molecule has 0 radical (unpaired) electrons. The van der Waals surface area contributed by atoms with Gasteiger partial charge in [0.2, 0.25) is 0 Å². The highest BCUT2D eigenvalue weighted by Crippen LogP contribution is 2.45. The van der Waals surface area contributed by atoms with Gasteiger partial charge in [0.25, 0.3) is 0 Å². The van der Waals surface area contributed by atoms with Crippen LogP contribution in [0.1, 0.15) is 78.3 Å². The average Bonchev–Trinajstić information content (AvgIpc) is 2.53. The summed E-state index contributed by atoms with van der Waals surface area (Å²) in [6, 6.07) is 8.53. The zero-order valence-corrected chi connectivity index (χ0v) is 17.5. The fraction of sp³-hybridized carbons (Fsp3) is 0.727. The third-order valence-corrected chi connectivity index (χ3v) is 5.91. The van der Waals surface area contributed by atoms with Gasteiger partial charge in [-0.1, -0.05) is 44.0 Å². The maximum absolute atomic E-state index is 6.00. The maximum atomic E-state index is 6.00. The highest BCUT2D eigenvalue weighted by atomic mass is 35.5. The van der Waals surface area contributed by atoms with E-state index in [1.54, 1.807) is 0 Å². The molecule has 1 heterocycles. The number of halogens is 1. The summed E-state index contributed by atoms with van der Waals surface area (Å²) in [5, 5.41) is 4.52. The molecule has 142 valence electrons. The van der Waals surface area contributed by atoms with Gasteiger partial charge in [-0.3, -0.25) is 0 Å². The molecular weight excluding hydrogens is 330 g/mol. The lowest BCUT2D eigenvalue weighted by molar-refractivity contribution is -0.110. The quantitative estimate of drug-likeness (QED) is 0.576. The second kappa shape index (κ2) is 8.88. The normalized spacial score (nSPS) is 24.4. The largest absolute Gasteiger partial charge is 0.376 e. The van der Waals surface area contributed by atoms with Crippen LogP contribution in [-0.4, -0.2) is 18.8 Å². The van der Waals surface area contributed by atoms with Gasteiger partial charge >= 0.3 is 0 Å². The van der Waals surface area contributed by atoms with Crippen molar-refractivity contribution in [3.63, 3.8) is 0 Å². The molecular formula is C22H36ClNO. The summed E-state index contributed by atoms with van der Waals surface area (Å²) in [6.45, 7) is 13.4. The Morgan fingerprint density at radius 3 is 2.40 bits per heavy atom. The Morgan fingerprint density at radius 2 is 1.80 bits per heavy atom. The highest BCUT2D eigenvalue weighted by molar-refractivity contribution is 6.30. The Hall–Kier alpha value is -0.570. The second-order valence-corrected chi connectivity index (χ2v) is 9.38. The van der Waals surface area contributed by atoms with E-state index in [9.17, 15) is 0 Å². The number of benzene rings is 1. The Balaban J connectivity index is 1.93. The first-order chi connectivity index (χ1) is 11.7. The van der Waals surface area contributed by atoms with Gasteiger partial charge in [-0.2, -0.15) is 0 Å². The van der Waals surface area contributed by atoms with Crippen molar-refractivity contribution < 1.29 is 4.74 Å². The van der Waals surface area contributed by atoms with Gasteiger partial charge in [-0.25, -0.2) is 0 Å². The van der Waals surface area contributed by atoms with Crippen molar-refractivity contribution in [2.45, 2.75) is 78.4 Å². The molecule has 0 unspecified atom stereocenters. The van der Waals surface area contributed by atoms with E-state index in [0.29, 0.717) is 11.5 Å². The van der Waals surface area contributed by atoms with Crippen LogP contribution in [0.2, 0.25) is 5.02 Å². The molecule has 0 aliphatic carbocycles. The molecule has 25 heavy (non-hydrogen) atoms.